The second kappa shape index (κ2) is 6.17. The van der Waals surface area contributed by atoms with Gasteiger partial charge in [0.05, 0.1) is 5.69 Å². The van der Waals surface area contributed by atoms with Gasteiger partial charge in [0, 0.05) is 24.7 Å². The molecule has 0 aliphatic carbocycles. The van der Waals surface area contributed by atoms with Gasteiger partial charge in [-0.2, -0.15) is 0 Å². The minimum Gasteiger partial charge on any atom is -0.321 e. The second-order valence-corrected chi connectivity index (χ2v) is 5.64. The Morgan fingerprint density at radius 3 is 2.53 bits per heavy atom. The van der Waals surface area contributed by atoms with E-state index in [1.165, 1.54) is 16.8 Å². The van der Waals surface area contributed by atoms with Crippen molar-refractivity contribution < 1.29 is 0 Å². The van der Waals surface area contributed by atoms with Crippen molar-refractivity contribution in [2.45, 2.75) is 27.3 Å². The molecule has 1 aromatic heterocycles. The van der Waals surface area contributed by atoms with Gasteiger partial charge in [0.25, 0.3) is 0 Å². The van der Waals surface area contributed by atoms with Gasteiger partial charge < -0.3 is 10.2 Å². The monoisotopic (exact) mass is 275 g/mol. The summed E-state index contributed by atoms with van der Waals surface area (Å²) in [4.78, 5) is 6.82. The van der Waals surface area contributed by atoms with E-state index < -0.39 is 0 Å². The Bertz CT molecular complexity index is 528. The summed E-state index contributed by atoms with van der Waals surface area (Å²) in [6, 6.07) is 6.58. The molecule has 3 nitrogen and oxygen atoms in total. The first kappa shape index (κ1) is 14.0. The fourth-order valence-corrected chi connectivity index (χ4v) is 2.85. The van der Waals surface area contributed by atoms with E-state index in [2.05, 4.69) is 66.6 Å². The smallest absolute Gasteiger partial charge is 0.189 e. The number of aryl methyl sites for hydroxylation is 2. The molecule has 0 aliphatic rings. The van der Waals surface area contributed by atoms with Crippen LogP contribution in [-0.2, 0) is 6.54 Å². The van der Waals surface area contributed by atoms with Crippen LogP contribution in [-0.4, -0.2) is 18.6 Å². The molecule has 0 saturated heterocycles. The SMILES string of the molecule is CCNCc1csc(N(C)c2cc(C)cc(C)c2)n1. The number of nitrogens with zero attached hydrogens (tertiary/aromatic N) is 2. The predicted molar refractivity (Wildman–Crippen MR) is 83.5 cm³/mol. The van der Waals surface area contributed by atoms with Crippen LogP contribution in [0.25, 0.3) is 0 Å². The van der Waals surface area contributed by atoms with Crippen LogP contribution in [0.2, 0.25) is 0 Å². The molecule has 0 aliphatic heterocycles. The molecule has 19 heavy (non-hydrogen) atoms. The van der Waals surface area contributed by atoms with Crippen molar-refractivity contribution in [1.82, 2.24) is 10.3 Å². The van der Waals surface area contributed by atoms with Crippen LogP contribution in [0.4, 0.5) is 10.8 Å². The van der Waals surface area contributed by atoms with Gasteiger partial charge in [-0.3, -0.25) is 0 Å². The lowest BCUT2D eigenvalue weighted by Crippen LogP contribution is -2.13. The van der Waals surface area contributed by atoms with Crippen LogP contribution in [0, 0.1) is 13.8 Å². The number of benzene rings is 1. The van der Waals surface area contributed by atoms with E-state index in [-0.39, 0.29) is 0 Å². The van der Waals surface area contributed by atoms with E-state index >= 15 is 0 Å². The minimum absolute atomic E-state index is 0.841. The number of thiazole rings is 1. The van der Waals surface area contributed by atoms with E-state index in [0.29, 0.717) is 0 Å². The fraction of sp³-hybridized carbons (Fsp3) is 0.400. The number of rotatable bonds is 5. The van der Waals surface area contributed by atoms with Crippen molar-refractivity contribution in [3.63, 3.8) is 0 Å². The molecular weight excluding hydrogens is 254 g/mol. The summed E-state index contributed by atoms with van der Waals surface area (Å²) in [7, 11) is 2.07. The minimum atomic E-state index is 0.841. The van der Waals surface area contributed by atoms with Crippen LogP contribution in [0.5, 0.6) is 0 Å². The largest absolute Gasteiger partial charge is 0.321 e. The van der Waals surface area contributed by atoms with Crippen LogP contribution in [0.3, 0.4) is 0 Å². The normalized spacial score (nSPS) is 10.7. The highest BCUT2D eigenvalue weighted by Gasteiger charge is 2.09. The number of hydrogen-bond donors (Lipinski definition) is 1. The van der Waals surface area contributed by atoms with Gasteiger partial charge in [-0.15, -0.1) is 11.3 Å². The first-order chi connectivity index (χ1) is 9.10. The maximum atomic E-state index is 4.67. The molecule has 102 valence electrons. The molecule has 0 spiro atoms. The summed E-state index contributed by atoms with van der Waals surface area (Å²) in [6.45, 7) is 8.17. The second-order valence-electron chi connectivity index (χ2n) is 4.81. The van der Waals surface area contributed by atoms with Crippen LogP contribution in [0.1, 0.15) is 23.7 Å². The van der Waals surface area contributed by atoms with Gasteiger partial charge in [0.1, 0.15) is 0 Å². The Balaban J connectivity index is 2.18. The highest BCUT2D eigenvalue weighted by atomic mass is 32.1. The predicted octanol–water partition coefficient (Wildman–Crippen LogP) is 3.64. The van der Waals surface area contributed by atoms with Gasteiger partial charge in [0.2, 0.25) is 0 Å². The van der Waals surface area contributed by atoms with Crippen LogP contribution < -0.4 is 10.2 Å². The number of anilines is 2. The lowest BCUT2D eigenvalue weighted by atomic mass is 10.1. The van der Waals surface area contributed by atoms with Gasteiger partial charge in [-0.05, 0) is 43.7 Å². The third-order valence-electron chi connectivity index (χ3n) is 2.98. The molecule has 0 amide bonds. The number of nitrogens with one attached hydrogen (secondary N) is 1. The molecular formula is C15H21N3S. The first-order valence-corrected chi connectivity index (χ1v) is 7.45. The van der Waals surface area contributed by atoms with Crippen molar-refractivity contribution in [3.05, 3.63) is 40.4 Å². The van der Waals surface area contributed by atoms with Crippen molar-refractivity contribution in [3.8, 4) is 0 Å². The number of aromatic nitrogens is 1. The summed E-state index contributed by atoms with van der Waals surface area (Å²) in [5.74, 6) is 0. The average Bonchev–Trinajstić information content (AvgIpc) is 2.83. The average molecular weight is 275 g/mol. The van der Waals surface area contributed by atoms with Gasteiger partial charge in [-0.25, -0.2) is 4.98 Å². The third kappa shape index (κ3) is 3.55. The van der Waals surface area contributed by atoms with E-state index in [1.54, 1.807) is 11.3 Å². The van der Waals surface area contributed by atoms with E-state index in [0.717, 1.165) is 23.9 Å². The maximum absolute atomic E-state index is 4.67. The summed E-state index contributed by atoms with van der Waals surface area (Å²) < 4.78 is 0. The molecule has 1 N–H and O–H groups in total. The lowest BCUT2D eigenvalue weighted by Gasteiger charge is -2.17. The van der Waals surface area contributed by atoms with Gasteiger partial charge in [0.15, 0.2) is 5.13 Å². The Morgan fingerprint density at radius 2 is 1.89 bits per heavy atom. The first-order valence-electron chi connectivity index (χ1n) is 6.57. The van der Waals surface area contributed by atoms with Gasteiger partial charge in [-0.1, -0.05) is 13.0 Å². The highest BCUT2D eigenvalue weighted by Crippen LogP contribution is 2.28. The summed E-state index contributed by atoms with van der Waals surface area (Å²) in [6.07, 6.45) is 0. The Hall–Kier alpha value is -1.39. The zero-order valence-corrected chi connectivity index (χ0v) is 12.8. The van der Waals surface area contributed by atoms with E-state index in [1.807, 2.05) is 0 Å². The van der Waals surface area contributed by atoms with Gasteiger partial charge >= 0.3 is 0 Å². The third-order valence-corrected chi connectivity index (χ3v) is 3.94. The standard InChI is InChI=1S/C15H21N3S/c1-5-16-9-13-10-19-15(17-13)18(4)14-7-11(2)6-12(3)8-14/h6-8,10,16H,5,9H2,1-4H3. The molecule has 1 heterocycles. The molecule has 0 fully saturated rings. The Kier molecular flexibility index (Phi) is 4.56. The Morgan fingerprint density at radius 1 is 1.21 bits per heavy atom. The zero-order chi connectivity index (χ0) is 13.8. The molecule has 2 rings (SSSR count). The maximum Gasteiger partial charge on any atom is 0.189 e. The molecule has 0 bridgehead atoms. The lowest BCUT2D eigenvalue weighted by molar-refractivity contribution is 0.714. The molecule has 0 saturated carbocycles. The van der Waals surface area contributed by atoms with Crippen LogP contribution >= 0.6 is 11.3 Å². The van der Waals surface area contributed by atoms with Crippen molar-refractivity contribution in [2.24, 2.45) is 0 Å². The molecule has 1 aromatic carbocycles. The molecule has 0 radical (unpaired) electrons. The molecule has 0 unspecified atom stereocenters. The van der Waals surface area contributed by atoms with Crippen molar-refractivity contribution in [1.29, 1.82) is 0 Å². The van der Waals surface area contributed by atoms with E-state index in [9.17, 15) is 0 Å². The molecule has 2 aromatic rings. The quantitative estimate of drug-likeness (QED) is 0.903. The number of hydrogen-bond acceptors (Lipinski definition) is 4. The Labute approximate surface area is 119 Å². The highest BCUT2D eigenvalue weighted by molar-refractivity contribution is 7.13. The summed E-state index contributed by atoms with van der Waals surface area (Å²) >= 11 is 1.69. The fourth-order valence-electron chi connectivity index (χ4n) is 2.04. The van der Waals surface area contributed by atoms with Crippen molar-refractivity contribution >= 4 is 22.2 Å². The van der Waals surface area contributed by atoms with E-state index in [4.69, 9.17) is 0 Å². The van der Waals surface area contributed by atoms with Crippen molar-refractivity contribution in [2.75, 3.05) is 18.5 Å². The molecule has 4 heteroatoms. The zero-order valence-electron chi connectivity index (χ0n) is 12.0. The van der Waals surface area contributed by atoms with Crippen LogP contribution in [0.15, 0.2) is 23.6 Å². The molecule has 0 atom stereocenters. The topological polar surface area (TPSA) is 28.2 Å². The summed E-state index contributed by atoms with van der Waals surface area (Å²) in [5, 5.41) is 6.46. The summed E-state index contributed by atoms with van der Waals surface area (Å²) in [5.41, 5.74) is 4.87.